The van der Waals surface area contributed by atoms with Crippen molar-refractivity contribution >= 4 is 11.7 Å². The largest absolute Gasteiger partial charge is 0.382 e. The van der Waals surface area contributed by atoms with Gasteiger partial charge in [0.2, 0.25) is 5.82 Å². The number of aromatic amines is 1. The van der Waals surface area contributed by atoms with E-state index in [1.807, 2.05) is 6.07 Å². The molecule has 1 unspecified atom stereocenters. The number of nitrogens with one attached hydrogen (secondary N) is 3. The lowest BCUT2D eigenvalue weighted by molar-refractivity contribution is 0.0951. The third kappa shape index (κ3) is 5.17. The highest BCUT2D eigenvalue weighted by molar-refractivity contribution is 5.95. The minimum Gasteiger partial charge on any atom is -0.382 e. The number of nitrogens with two attached hydrogens (primary N) is 1. The van der Waals surface area contributed by atoms with Gasteiger partial charge >= 0.3 is 0 Å². The van der Waals surface area contributed by atoms with Crippen LogP contribution in [0.25, 0.3) is 22.8 Å². The summed E-state index contributed by atoms with van der Waals surface area (Å²) >= 11 is 0. The molecular weight excluding hydrogens is 447 g/mol. The smallest absolute Gasteiger partial charge is 0.251 e. The van der Waals surface area contributed by atoms with E-state index in [-0.39, 0.29) is 30.0 Å². The van der Waals surface area contributed by atoms with Crippen LogP contribution in [0.15, 0.2) is 54.7 Å². The van der Waals surface area contributed by atoms with Crippen molar-refractivity contribution < 1.29 is 9.18 Å². The molecule has 1 saturated heterocycles. The first-order chi connectivity index (χ1) is 17.1. The minimum absolute atomic E-state index is 0.219. The highest BCUT2D eigenvalue weighted by atomic mass is 19.1. The molecule has 0 spiro atoms. The van der Waals surface area contributed by atoms with Crippen LogP contribution in [0.3, 0.4) is 0 Å². The van der Waals surface area contributed by atoms with E-state index in [9.17, 15) is 9.18 Å². The highest BCUT2D eigenvalue weighted by Crippen LogP contribution is 2.26. The maximum atomic E-state index is 13.4. The van der Waals surface area contributed by atoms with Crippen molar-refractivity contribution in [1.82, 2.24) is 35.8 Å². The van der Waals surface area contributed by atoms with Gasteiger partial charge in [-0.05, 0) is 49.2 Å². The first kappa shape index (κ1) is 22.6. The molecule has 0 bridgehead atoms. The Morgan fingerprint density at radius 3 is 2.89 bits per heavy atom. The summed E-state index contributed by atoms with van der Waals surface area (Å²) in [4.78, 5) is 26.3. The third-order valence-electron chi connectivity index (χ3n) is 5.96. The van der Waals surface area contributed by atoms with E-state index < -0.39 is 0 Å². The molecule has 1 atom stereocenters. The predicted molar refractivity (Wildman–Crippen MR) is 130 cm³/mol. The molecule has 3 heterocycles. The topological polar surface area (TPSA) is 134 Å². The molecule has 1 aliphatic heterocycles. The minimum atomic E-state index is -0.342. The average Bonchev–Trinajstić information content (AvgIpc) is 3.38. The van der Waals surface area contributed by atoms with Gasteiger partial charge in [0.05, 0.1) is 11.9 Å². The molecule has 2 aromatic carbocycles. The number of halogens is 1. The van der Waals surface area contributed by atoms with E-state index >= 15 is 0 Å². The summed E-state index contributed by atoms with van der Waals surface area (Å²) in [6.07, 6.45) is 3.68. The Hall–Kier alpha value is -4.18. The number of rotatable bonds is 6. The van der Waals surface area contributed by atoms with E-state index in [1.165, 1.54) is 12.1 Å². The zero-order chi connectivity index (χ0) is 24.2. The van der Waals surface area contributed by atoms with Gasteiger partial charge in [0, 0.05) is 30.1 Å². The Balaban J connectivity index is 1.35. The lowest BCUT2D eigenvalue weighted by Gasteiger charge is -2.20. The standard InChI is InChI=1S/C25H25FN8O/c26-19-8-1-4-15(10-19)12-30-25(35)17-6-2-5-16(11-17)20-14-29-22(27)21(31-20)24-32-23(33-34-24)18-7-3-9-28-13-18/h1-2,4-6,8,10-11,14,18,28H,3,7,9,12-13H2,(H2,27,29)(H,30,35)(H,32,33,34). The molecule has 2 aromatic heterocycles. The summed E-state index contributed by atoms with van der Waals surface area (Å²) < 4.78 is 13.4. The fourth-order valence-electron chi connectivity index (χ4n) is 4.10. The summed E-state index contributed by atoms with van der Waals surface area (Å²) in [6, 6.07) is 13.2. The summed E-state index contributed by atoms with van der Waals surface area (Å²) in [7, 11) is 0. The molecule has 4 aromatic rings. The Kier molecular flexibility index (Phi) is 6.44. The molecule has 1 aliphatic rings. The Morgan fingerprint density at radius 1 is 1.17 bits per heavy atom. The van der Waals surface area contributed by atoms with E-state index in [1.54, 1.807) is 36.5 Å². The number of aromatic nitrogens is 5. The summed E-state index contributed by atoms with van der Waals surface area (Å²) in [5, 5.41) is 13.5. The number of benzene rings is 2. The van der Waals surface area contributed by atoms with Crippen molar-refractivity contribution in [3.8, 4) is 22.8 Å². The lowest BCUT2D eigenvalue weighted by atomic mass is 9.99. The van der Waals surface area contributed by atoms with Crippen LogP contribution < -0.4 is 16.4 Å². The number of carbonyl (C=O) groups is 1. The zero-order valence-electron chi connectivity index (χ0n) is 19.0. The molecule has 1 fully saturated rings. The van der Waals surface area contributed by atoms with E-state index in [2.05, 4.69) is 35.8 Å². The molecule has 35 heavy (non-hydrogen) atoms. The number of hydrogen-bond acceptors (Lipinski definition) is 7. The number of anilines is 1. The SMILES string of the molecule is Nc1ncc(-c2cccc(C(=O)NCc3cccc(F)c3)c2)nc1-c1n[nH]c(C2CCCNC2)n1. The first-order valence-corrected chi connectivity index (χ1v) is 11.5. The molecular formula is C25H25FN8O. The van der Waals surface area contributed by atoms with Gasteiger partial charge in [-0.1, -0.05) is 24.3 Å². The van der Waals surface area contributed by atoms with Crippen LogP contribution in [0.2, 0.25) is 0 Å². The number of hydrogen-bond donors (Lipinski definition) is 4. The second-order valence-electron chi connectivity index (χ2n) is 8.47. The van der Waals surface area contributed by atoms with Crippen molar-refractivity contribution in [3.05, 3.63) is 77.5 Å². The van der Waals surface area contributed by atoms with Crippen LogP contribution in [0.5, 0.6) is 0 Å². The monoisotopic (exact) mass is 472 g/mol. The number of nitrogen functional groups attached to an aromatic ring is 1. The van der Waals surface area contributed by atoms with Gasteiger partial charge < -0.3 is 16.4 Å². The molecule has 0 radical (unpaired) electrons. The van der Waals surface area contributed by atoms with Crippen molar-refractivity contribution in [2.45, 2.75) is 25.3 Å². The zero-order valence-corrected chi connectivity index (χ0v) is 19.0. The van der Waals surface area contributed by atoms with E-state index in [4.69, 9.17) is 5.73 Å². The summed E-state index contributed by atoms with van der Waals surface area (Å²) in [5.41, 5.74) is 8.85. The van der Waals surface area contributed by atoms with Gasteiger partial charge in [0.15, 0.2) is 11.5 Å². The second-order valence-corrected chi connectivity index (χ2v) is 8.47. The van der Waals surface area contributed by atoms with Gasteiger partial charge in [-0.3, -0.25) is 9.89 Å². The van der Waals surface area contributed by atoms with Crippen LogP contribution in [-0.2, 0) is 6.54 Å². The summed E-state index contributed by atoms with van der Waals surface area (Å²) in [5.74, 6) is 1.07. The molecule has 10 heteroatoms. The predicted octanol–water partition coefficient (Wildman–Crippen LogP) is 3.05. The van der Waals surface area contributed by atoms with Crippen molar-refractivity contribution in [3.63, 3.8) is 0 Å². The molecule has 5 rings (SSSR count). The van der Waals surface area contributed by atoms with Crippen molar-refractivity contribution in [1.29, 1.82) is 0 Å². The Morgan fingerprint density at radius 2 is 2.06 bits per heavy atom. The third-order valence-corrected chi connectivity index (χ3v) is 5.96. The molecule has 5 N–H and O–H groups in total. The quantitative estimate of drug-likeness (QED) is 0.339. The Labute approximate surface area is 201 Å². The second kappa shape index (κ2) is 9.98. The van der Waals surface area contributed by atoms with Crippen LogP contribution >= 0.6 is 0 Å². The van der Waals surface area contributed by atoms with E-state index in [0.717, 1.165) is 31.8 Å². The van der Waals surface area contributed by atoms with Crippen LogP contribution in [0.4, 0.5) is 10.2 Å². The van der Waals surface area contributed by atoms with Gasteiger partial charge in [0.25, 0.3) is 5.91 Å². The number of carbonyl (C=O) groups excluding carboxylic acids is 1. The number of amides is 1. The van der Waals surface area contributed by atoms with Crippen LogP contribution in [0.1, 0.15) is 40.5 Å². The molecule has 0 aliphatic carbocycles. The van der Waals surface area contributed by atoms with Gasteiger partial charge in [-0.2, -0.15) is 5.10 Å². The molecule has 9 nitrogen and oxygen atoms in total. The van der Waals surface area contributed by atoms with Crippen LogP contribution in [0, 0.1) is 5.82 Å². The number of nitrogens with zero attached hydrogens (tertiary/aromatic N) is 4. The molecule has 178 valence electrons. The Bertz CT molecular complexity index is 1350. The number of piperidine rings is 1. The van der Waals surface area contributed by atoms with E-state index in [0.29, 0.717) is 33.9 Å². The average molecular weight is 473 g/mol. The molecule has 1 amide bonds. The van der Waals surface area contributed by atoms with Crippen molar-refractivity contribution in [2.24, 2.45) is 0 Å². The fourth-order valence-corrected chi connectivity index (χ4v) is 4.10. The van der Waals surface area contributed by atoms with Gasteiger partial charge in [-0.15, -0.1) is 0 Å². The normalized spacial score (nSPS) is 15.6. The van der Waals surface area contributed by atoms with Crippen molar-refractivity contribution in [2.75, 3.05) is 18.8 Å². The lowest BCUT2D eigenvalue weighted by Crippen LogP contribution is -2.28. The van der Waals surface area contributed by atoms with Gasteiger partial charge in [-0.25, -0.2) is 19.3 Å². The van der Waals surface area contributed by atoms with Gasteiger partial charge in [0.1, 0.15) is 11.6 Å². The number of H-pyrrole nitrogens is 1. The summed E-state index contributed by atoms with van der Waals surface area (Å²) in [6.45, 7) is 2.08. The fraction of sp³-hybridized carbons (Fsp3) is 0.240. The maximum Gasteiger partial charge on any atom is 0.251 e. The van der Waals surface area contributed by atoms with Crippen LogP contribution in [-0.4, -0.2) is 44.1 Å². The maximum absolute atomic E-state index is 13.4. The first-order valence-electron chi connectivity index (χ1n) is 11.5. The molecule has 0 saturated carbocycles. The highest BCUT2D eigenvalue weighted by Gasteiger charge is 2.21.